The lowest BCUT2D eigenvalue weighted by atomic mass is 9.96. The summed E-state index contributed by atoms with van der Waals surface area (Å²) >= 11 is 0. The number of carbonyl (C=O) groups is 3. The smallest absolute Gasteiger partial charge is 0.329 e. The summed E-state index contributed by atoms with van der Waals surface area (Å²) in [6, 6.07) is 6.69. The van der Waals surface area contributed by atoms with Crippen LogP contribution in [0.2, 0.25) is 0 Å². The van der Waals surface area contributed by atoms with Gasteiger partial charge >= 0.3 is 11.9 Å². The van der Waals surface area contributed by atoms with Crippen LogP contribution >= 0.6 is 0 Å². The Morgan fingerprint density at radius 2 is 1.92 bits per heavy atom. The Morgan fingerprint density at radius 3 is 2.54 bits per heavy atom. The van der Waals surface area contributed by atoms with Crippen LogP contribution in [0.3, 0.4) is 0 Å². The monoisotopic (exact) mass is 333 g/mol. The molecule has 1 aromatic carbocycles. The summed E-state index contributed by atoms with van der Waals surface area (Å²) in [4.78, 5) is 37.7. The first-order chi connectivity index (χ1) is 11.4. The normalized spacial score (nSPS) is 18.6. The number of ether oxygens (including phenoxy) is 1. The van der Waals surface area contributed by atoms with E-state index in [1.165, 1.54) is 4.90 Å². The van der Waals surface area contributed by atoms with Gasteiger partial charge in [0.25, 0.3) is 0 Å². The molecule has 0 fully saturated rings. The van der Waals surface area contributed by atoms with Crippen molar-refractivity contribution < 1.29 is 24.2 Å². The number of anilines is 1. The number of carboxylic acids is 1. The van der Waals surface area contributed by atoms with Crippen LogP contribution in [0.1, 0.15) is 32.8 Å². The predicted octanol–water partition coefficient (Wildman–Crippen LogP) is 2.25. The number of benzene rings is 1. The van der Waals surface area contributed by atoms with E-state index in [4.69, 9.17) is 9.84 Å². The molecule has 0 saturated carbocycles. The quantitative estimate of drug-likeness (QED) is 0.807. The van der Waals surface area contributed by atoms with Gasteiger partial charge in [-0.1, -0.05) is 32.0 Å². The average Bonchev–Trinajstić information content (AvgIpc) is 2.93. The Hall–Kier alpha value is -2.37. The van der Waals surface area contributed by atoms with Gasteiger partial charge in [0, 0.05) is 18.0 Å². The van der Waals surface area contributed by atoms with Crippen molar-refractivity contribution >= 4 is 23.5 Å². The molecule has 1 aliphatic rings. The van der Waals surface area contributed by atoms with E-state index in [1.807, 2.05) is 18.2 Å². The molecule has 6 nitrogen and oxygen atoms in total. The fraction of sp³-hybridized carbons (Fsp3) is 0.500. The molecule has 0 saturated heterocycles. The van der Waals surface area contributed by atoms with E-state index in [2.05, 4.69) is 0 Å². The first kappa shape index (κ1) is 18.0. The molecule has 1 aliphatic heterocycles. The van der Waals surface area contributed by atoms with Gasteiger partial charge in [-0.3, -0.25) is 14.5 Å². The molecule has 130 valence electrons. The molecule has 0 bridgehead atoms. The molecular formula is C18H23NO5. The second-order valence-electron chi connectivity index (χ2n) is 6.18. The number of hydrogen-bond acceptors (Lipinski definition) is 4. The summed E-state index contributed by atoms with van der Waals surface area (Å²) in [5.41, 5.74) is 1.62. The van der Waals surface area contributed by atoms with Gasteiger partial charge in [-0.2, -0.15) is 0 Å². The van der Waals surface area contributed by atoms with Crippen LogP contribution in [0.15, 0.2) is 24.3 Å². The van der Waals surface area contributed by atoms with E-state index in [0.717, 1.165) is 5.56 Å². The largest absolute Gasteiger partial charge is 0.481 e. The molecule has 0 radical (unpaired) electrons. The van der Waals surface area contributed by atoms with Gasteiger partial charge in [-0.25, -0.2) is 4.79 Å². The molecule has 2 rings (SSSR count). The molecule has 3 unspecified atom stereocenters. The molecule has 24 heavy (non-hydrogen) atoms. The minimum absolute atomic E-state index is 0.225. The summed E-state index contributed by atoms with van der Waals surface area (Å²) < 4.78 is 5.11. The molecule has 1 heterocycles. The highest BCUT2D eigenvalue weighted by Crippen LogP contribution is 2.34. The number of aliphatic carboxylic acids is 1. The van der Waals surface area contributed by atoms with Crippen molar-refractivity contribution in [3.63, 3.8) is 0 Å². The lowest BCUT2D eigenvalue weighted by Gasteiger charge is -2.27. The summed E-state index contributed by atoms with van der Waals surface area (Å²) in [5.74, 6) is -2.73. The topological polar surface area (TPSA) is 83.9 Å². The van der Waals surface area contributed by atoms with Crippen LogP contribution in [0.25, 0.3) is 0 Å². The molecular weight excluding hydrogens is 310 g/mol. The average molecular weight is 333 g/mol. The van der Waals surface area contributed by atoms with Crippen molar-refractivity contribution in [2.24, 2.45) is 11.8 Å². The molecule has 0 aliphatic carbocycles. The van der Waals surface area contributed by atoms with E-state index < -0.39 is 29.8 Å². The van der Waals surface area contributed by atoms with Gasteiger partial charge in [0.2, 0.25) is 5.91 Å². The van der Waals surface area contributed by atoms with Crippen molar-refractivity contribution in [2.45, 2.75) is 39.7 Å². The SMILES string of the molecule is CCOC(=O)C1Cc2ccccc2N1C(=O)C(C)CC(C)C(=O)O. The second kappa shape index (κ2) is 7.47. The van der Waals surface area contributed by atoms with E-state index in [9.17, 15) is 14.4 Å². The van der Waals surface area contributed by atoms with Crippen molar-refractivity contribution in [1.29, 1.82) is 0 Å². The minimum atomic E-state index is -0.932. The van der Waals surface area contributed by atoms with Crippen LogP contribution < -0.4 is 4.90 Å². The molecule has 0 spiro atoms. The van der Waals surface area contributed by atoms with Gasteiger partial charge in [-0.15, -0.1) is 0 Å². The maximum absolute atomic E-state index is 12.9. The van der Waals surface area contributed by atoms with Crippen molar-refractivity contribution in [1.82, 2.24) is 0 Å². The van der Waals surface area contributed by atoms with Crippen LogP contribution in [-0.4, -0.2) is 35.6 Å². The fourth-order valence-corrected chi connectivity index (χ4v) is 3.05. The number of carbonyl (C=O) groups excluding carboxylic acids is 2. The number of nitrogens with zero attached hydrogens (tertiary/aromatic N) is 1. The van der Waals surface area contributed by atoms with Crippen LogP contribution in [0, 0.1) is 11.8 Å². The van der Waals surface area contributed by atoms with Gasteiger partial charge in [0.05, 0.1) is 12.5 Å². The Bertz CT molecular complexity index is 642. The van der Waals surface area contributed by atoms with Gasteiger partial charge in [-0.05, 0) is 25.0 Å². The third-order valence-electron chi connectivity index (χ3n) is 4.32. The van der Waals surface area contributed by atoms with Crippen LogP contribution in [0.4, 0.5) is 5.69 Å². The third kappa shape index (κ3) is 3.58. The molecule has 1 N–H and O–H groups in total. The van der Waals surface area contributed by atoms with Crippen LogP contribution in [-0.2, 0) is 25.5 Å². The fourth-order valence-electron chi connectivity index (χ4n) is 3.05. The lowest BCUT2D eigenvalue weighted by Crippen LogP contribution is -2.46. The molecule has 0 aromatic heterocycles. The Kier molecular flexibility index (Phi) is 5.59. The molecule has 1 amide bonds. The zero-order valence-corrected chi connectivity index (χ0v) is 14.2. The van der Waals surface area contributed by atoms with Gasteiger partial charge < -0.3 is 9.84 Å². The summed E-state index contributed by atoms with van der Waals surface area (Å²) in [7, 11) is 0. The number of hydrogen-bond donors (Lipinski definition) is 1. The van der Waals surface area contributed by atoms with Gasteiger partial charge in [0.15, 0.2) is 0 Å². The van der Waals surface area contributed by atoms with E-state index >= 15 is 0 Å². The Balaban J connectivity index is 2.26. The van der Waals surface area contributed by atoms with Crippen molar-refractivity contribution in [3.05, 3.63) is 29.8 Å². The second-order valence-corrected chi connectivity index (χ2v) is 6.18. The maximum Gasteiger partial charge on any atom is 0.329 e. The highest BCUT2D eigenvalue weighted by molar-refractivity contribution is 6.03. The van der Waals surface area contributed by atoms with E-state index in [1.54, 1.807) is 26.8 Å². The van der Waals surface area contributed by atoms with Crippen molar-refractivity contribution in [2.75, 3.05) is 11.5 Å². The summed E-state index contributed by atoms with van der Waals surface area (Å²) in [5, 5.41) is 9.05. The number of amides is 1. The number of para-hydroxylation sites is 1. The summed E-state index contributed by atoms with van der Waals surface area (Å²) in [6.07, 6.45) is 0.643. The Morgan fingerprint density at radius 1 is 1.25 bits per heavy atom. The first-order valence-corrected chi connectivity index (χ1v) is 8.17. The predicted molar refractivity (Wildman–Crippen MR) is 88.6 cm³/mol. The number of carboxylic acid groups (broad SMARTS) is 1. The number of rotatable bonds is 6. The highest BCUT2D eigenvalue weighted by Gasteiger charge is 2.40. The summed E-state index contributed by atoms with van der Waals surface area (Å²) in [6.45, 7) is 5.25. The van der Waals surface area contributed by atoms with Gasteiger partial charge in [0.1, 0.15) is 6.04 Å². The standard InChI is InChI=1S/C18H23NO5/c1-4-24-18(23)15-10-13-7-5-6-8-14(13)19(15)16(20)11(2)9-12(3)17(21)22/h5-8,11-12,15H,4,9-10H2,1-3H3,(H,21,22). The molecule has 6 heteroatoms. The number of fused-ring (bicyclic) bond motifs is 1. The van der Waals surface area contributed by atoms with E-state index in [0.29, 0.717) is 12.1 Å². The highest BCUT2D eigenvalue weighted by atomic mass is 16.5. The maximum atomic E-state index is 12.9. The van der Waals surface area contributed by atoms with Crippen molar-refractivity contribution in [3.8, 4) is 0 Å². The minimum Gasteiger partial charge on any atom is -0.481 e. The van der Waals surface area contributed by atoms with E-state index in [-0.39, 0.29) is 18.9 Å². The third-order valence-corrected chi connectivity index (χ3v) is 4.32. The lowest BCUT2D eigenvalue weighted by molar-refractivity contribution is -0.146. The molecule has 1 aromatic rings. The first-order valence-electron chi connectivity index (χ1n) is 8.17. The number of esters is 1. The zero-order chi connectivity index (χ0) is 17.9. The Labute approximate surface area is 141 Å². The van der Waals surface area contributed by atoms with Crippen LogP contribution in [0.5, 0.6) is 0 Å². The zero-order valence-electron chi connectivity index (χ0n) is 14.2. The molecule has 3 atom stereocenters.